The van der Waals surface area contributed by atoms with E-state index in [1.165, 1.54) is 0 Å². The first-order valence-corrected chi connectivity index (χ1v) is 11.3. The van der Waals surface area contributed by atoms with Gasteiger partial charge in [-0.25, -0.2) is 9.64 Å². The van der Waals surface area contributed by atoms with Crippen LogP contribution < -0.4 is 9.80 Å². The van der Waals surface area contributed by atoms with Gasteiger partial charge in [-0.2, -0.15) is 0 Å². The molecule has 162 valence electrons. The van der Waals surface area contributed by atoms with Crippen molar-refractivity contribution in [3.05, 3.63) is 99.8 Å². The van der Waals surface area contributed by atoms with Gasteiger partial charge in [0, 0.05) is 21.4 Å². The predicted octanol–water partition coefficient (Wildman–Crippen LogP) is 8.29. The largest absolute Gasteiger partial charge is 0.330 e. The molecule has 4 nitrogen and oxygen atoms in total. The lowest BCUT2D eigenvalue weighted by Gasteiger charge is -2.39. The summed E-state index contributed by atoms with van der Waals surface area (Å²) in [4.78, 5) is 21.3. The van der Waals surface area contributed by atoms with Crippen molar-refractivity contribution in [2.24, 2.45) is 0 Å². The first kappa shape index (κ1) is 22.2. The van der Waals surface area contributed by atoms with Crippen LogP contribution in [0.4, 0.5) is 21.9 Å². The molecule has 2 atom stereocenters. The van der Waals surface area contributed by atoms with Crippen molar-refractivity contribution in [3.63, 3.8) is 0 Å². The zero-order valence-electron chi connectivity index (χ0n) is 17.9. The Kier molecular flexibility index (Phi) is 6.15. The Balaban J connectivity index is 1.95. The molecule has 0 aromatic heterocycles. The smallest absolute Gasteiger partial charge is 0.286 e. The van der Waals surface area contributed by atoms with Crippen LogP contribution in [0.3, 0.4) is 0 Å². The fourth-order valence-electron chi connectivity index (χ4n) is 4.72. The zero-order chi connectivity index (χ0) is 22.9. The Bertz CT molecular complexity index is 1170. The minimum Gasteiger partial charge on any atom is -0.286 e. The summed E-state index contributed by atoms with van der Waals surface area (Å²) in [5.41, 5.74) is 2.47. The van der Waals surface area contributed by atoms with Crippen LogP contribution in [0.25, 0.3) is 4.85 Å². The first-order valence-electron chi connectivity index (χ1n) is 10.5. The number of halogens is 2. The summed E-state index contributed by atoms with van der Waals surface area (Å²) >= 11 is 12.3. The highest BCUT2D eigenvalue weighted by Gasteiger charge is 2.55. The Labute approximate surface area is 198 Å². The van der Waals surface area contributed by atoms with Crippen molar-refractivity contribution in [2.45, 2.75) is 38.3 Å². The SMILES string of the molecule is [C-]#[N+]c1cccc([C@H]2N(c3ccc(Cl)cc3)C(=O)N(c3ccc(Cl)cc3)[C@@]2(C)CCC)c1. The molecule has 1 saturated heterocycles. The molecule has 1 aliphatic heterocycles. The van der Waals surface area contributed by atoms with Crippen LogP contribution in [-0.4, -0.2) is 11.6 Å². The molecule has 3 aromatic carbocycles. The van der Waals surface area contributed by atoms with Gasteiger partial charge in [0.15, 0.2) is 5.69 Å². The Morgan fingerprint density at radius 2 is 1.56 bits per heavy atom. The number of hydrogen-bond donors (Lipinski definition) is 0. The maximum absolute atomic E-state index is 14.0. The van der Waals surface area contributed by atoms with Gasteiger partial charge >= 0.3 is 6.03 Å². The average Bonchev–Trinajstić information content (AvgIpc) is 3.02. The summed E-state index contributed by atoms with van der Waals surface area (Å²) in [6.45, 7) is 11.7. The second kappa shape index (κ2) is 8.86. The summed E-state index contributed by atoms with van der Waals surface area (Å²) in [6.07, 6.45) is 1.67. The number of carbonyl (C=O) groups excluding carboxylic acids is 1. The third kappa shape index (κ3) is 3.83. The zero-order valence-corrected chi connectivity index (χ0v) is 19.4. The van der Waals surface area contributed by atoms with Gasteiger partial charge in [-0.3, -0.25) is 9.80 Å². The summed E-state index contributed by atoms with van der Waals surface area (Å²) in [6, 6.07) is 21.8. The van der Waals surface area contributed by atoms with Crippen LogP contribution >= 0.6 is 23.2 Å². The lowest BCUT2D eigenvalue weighted by Crippen LogP contribution is -2.46. The Morgan fingerprint density at radius 3 is 2.12 bits per heavy atom. The second-order valence-corrected chi connectivity index (χ2v) is 9.03. The van der Waals surface area contributed by atoms with E-state index in [0.717, 1.165) is 29.8 Å². The third-order valence-corrected chi connectivity index (χ3v) is 6.52. The highest BCUT2D eigenvalue weighted by atomic mass is 35.5. The fourth-order valence-corrected chi connectivity index (χ4v) is 4.97. The molecule has 1 aliphatic rings. The lowest BCUT2D eigenvalue weighted by atomic mass is 9.82. The van der Waals surface area contributed by atoms with Crippen LogP contribution in [0.1, 0.15) is 38.3 Å². The molecule has 1 fully saturated rings. The molecule has 6 heteroatoms. The van der Waals surface area contributed by atoms with E-state index in [1.807, 2.05) is 52.3 Å². The van der Waals surface area contributed by atoms with Crippen LogP contribution in [0, 0.1) is 6.57 Å². The Morgan fingerprint density at radius 1 is 0.969 bits per heavy atom. The molecule has 0 spiro atoms. The fraction of sp³-hybridized carbons (Fsp3) is 0.231. The van der Waals surface area contributed by atoms with E-state index < -0.39 is 5.54 Å². The number of hydrogen-bond acceptors (Lipinski definition) is 1. The van der Waals surface area contributed by atoms with Crippen LogP contribution in [0.15, 0.2) is 72.8 Å². The van der Waals surface area contributed by atoms with Crippen molar-refractivity contribution in [1.82, 2.24) is 0 Å². The number of amides is 2. The molecule has 3 aromatic rings. The first-order chi connectivity index (χ1) is 15.4. The van der Waals surface area contributed by atoms with Crippen molar-refractivity contribution < 1.29 is 4.79 Å². The van der Waals surface area contributed by atoms with Crippen LogP contribution in [0.5, 0.6) is 0 Å². The highest BCUT2D eigenvalue weighted by molar-refractivity contribution is 6.31. The number of carbonyl (C=O) groups is 1. The molecule has 0 N–H and O–H groups in total. The highest BCUT2D eigenvalue weighted by Crippen LogP contribution is 2.50. The normalized spacial score (nSPS) is 20.5. The third-order valence-electron chi connectivity index (χ3n) is 6.02. The topological polar surface area (TPSA) is 27.9 Å². The van der Waals surface area contributed by atoms with Gasteiger partial charge in [0.05, 0.1) is 18.2 Å². The van der Waals surface area contributed by atoms with Gasteiger partial charge in [0.2, 0.25) is 0 Å². The van der Waals surface area contributed by atoms with Crippen molar-refractivity contribution >= 4 is 46.3 Å². The molecular formula is C26H23Cl2N3O. The number of anilines is 2. The average molecular weight is 464 g/mol. The molecule has 0 saturated carbocycles. The monoisotopic (exact) mass is 463 g/mol. The van der Waals surface area contributed by atoms with E-state index in [-0.39, 0.29) is 12.1 Å². The molecule has 4 rings (SSSR count). The molecule has 0 unspecified atom stereocenters. The quantitative estimate of drug-likeness (QED) is 0.349. The molecular weight excluding hydrogens is 441 g/mol. The van der Waals surface area contributed by atoms with Gasteiger partial charge in [0.1, 0.15) is 0 Å². The number of nitrogens with zero attached hydrogens (tertiary/aromatic N) is 3. The van der Waals surface area contributed by atoms with Crippen molar-refractivity contribution in [1.29, 1.82) is 0 Å². The lowest BCUT2D eigenvalue weighted by molar-refractivity contribution is 0.253. The van der Waals surface area contributed by atoms with Crippen molar-refractivity contribution in [3.8, 4) is 0 Å². The van der Waals surface area contributed by atoms with Gasteiger partial charge in [-0.15, -0.1) is 0 Å². The van der Waals surface area contributed by atoms with Gasteiger partial charge < -0.3 is 0 Å². The minimum atomic E-state index is -0.556. The summed E-state index contributed by atoms with van der Waals surface area (Å²) in [5, 5.41) is 1.23. The number of benzene rings is 3. The number of urea groups is 1. The van der Waals surface area contributed by atoms with Crippen LogP contribution in [-0.2, 0) is 0 Å². The molecule has 1 heterocycles. The summed E-state index contributed by atoms with van der Waals surface area (Å²) in [7, 11) is 0. The second-order valence-electron chi connectivity index (χ2n) is 8.16. The van der Waals surface area contributed by atoms with Crippen molar-refractivity contribution in [2.75, 3.05) is 9.80 Å². The van der Waals surface area contributed by atoms with Gasteiger partial charge in [0.25, 0.3) is 0 Å². The van der Waals surface area contributed by atoms with Gasteiger partial charge in [-0.1, -0.05) is 60.8 Å². The van der Waals surface area contributed by atoms with Gasteiger partial charge in [-0.05, 0) is 67.4 Å². The number of rotatable bonds is 5. The van der Waals surface area contributed by atoms with E-state index >= 15 is 0 Å². The van der Waals surface area contributed by atoms with E-state index in [4.69, 9.17) is 29.8 Å². The predicted molar refractivity (Wildman–Crippen MR) is 132 cm³/mol. The molecule has 0 aliphatic carbocycles. The maximum atomic E-state index is 14.0. The molecule has 32 heavy (non-hydrogen) atoms. The van der Waals surface area contributed by atoms with Crippen LogP contribution in [0.2, 0.25) is 10.0 Å². The Hall–Kier alpha value is -3.00. The summed E-state index contributed by atoms with van der Waals surface area (Å²) < 4.78 is 0. The van der Waals surface area contributed by atoms with E-state index in [9.17, 15) is 4.79 Å². The maximum Gasteiger partial charge on any atom is 0.330 e. The van der Waals surface area contributed by atoms with E-state index in [0.29, 0.717) is 15.7 Å². The summed E-state index contributed by atoms with van der Waals surface area (Å²) in [5.74, 6) is 0. The molecule has 0 bridgehead atoms. The van der Waals surface area contributed by atoms with E-state index in [2.05, 4.69) is 18.7 Å². The molecule has 0 radical (unpaired) electrons. The minimum absolute atomic E-state index is 0.121. The molecule has 2 amide bonds. The van der Waals surface area contributed by atoms with E-state index in [1.54, 1.807) is 30.3 Å². The standard InChI is InChI=1S/C26H23Cl2N3O/c1-4-16-26(2)24(18-6-5-7-21(17-18)29-3)30(22-12-8-19(27)9-13-22)25(32)31(26)23-14-10-20(28)11-15-23/h5-15,17,24H,4,16H2,1-2H3/t24-,26+/m1/s1.